The van der Waals surface area contributed by atoms with E-state index in [9.17, 15) is 5.53 Å². The van der Waals surface area contributed by atoms with Crippen molar-refractivity contribution >= 4 is 11.4 Å². The number of benzene rings is 2. The van der Waals surface area contributed by atoms with Crippen LogP contribution in [0, 0.1) is 11.8 Å². The van der Waals surface area contributed by atoms with Gasteiger partial charge in [-0.15, -0.1) is 0 Å². The van der Waals surface area contributed by atoms with E-state index in [0.29, 0.717) is 0 Å². The van der Waals surface area contributed by atoms with E-state index in [4.69, 9.17) is 0 Å². The van der Waals surface area contributed by atoms with Crippen LogP contribution < -0.4 is 0 Å². The van der Waals surface area contributed by atoms with Crippen LogP contribution in [0.5, 0.6) is 0 Å². The zero-order valence-corrected chi connectivity index (χ0v) is 51.7. The minimum atomic E-state index is 0.927. The summed E-state index contributed by atoms with van der Waals surface area (Å²) >= 11 is 0. The summed E-state index contributed by atoms with van der Waals surface area (Å²) in [5.41, 5.74) is 25.5. The van der Waals surface area contributed by atoms with Crippen molar-refractivity contribution in [3.05, 3.63) is 86.5 Å². The fraction of sp³-hybridized carbons (Fsp3) is 0.757. The van der Waals surface area contributed by atoms with Crippen LogP contribution in [0.4, 0.5) is 0 Å². The number of rotatable bonds is 51. The molecule has 0 saturated carbocycles. The quantitative estimate of drug-likeness (QED) is 0.0358. The number of hydrogen-bond donors (Lipinski definition) is 0. The molecule has 1 aliphatic rings. The van der Waals surface area contributed by atoms with Gasteiger partial charge in [-0.3, -0.25) is 0 Å². The van der Waals surface area contributed by atoms with Gasteiger partial charge < -0.3 is 5.53 Å². The second-order valence-corrected chi connectivity index (χ2v) is 24.2. The van der Waals surface area contributed by atoms with Gasteiger partial charge in [-0.1, -0.05) is 310 Å². The van der Waals surface area contributed by atoms with Crippen LogP contribution in [-0.2, 0) is 25.7 Å². The molecule has 2 aromatic carbocycles. The van der Waals surface area contributed by atoms with Crippen molar-refractivity contribution in [2.75, 3.05) is 0 Å². The summed E-state index contributed by atoms with van der Waals surface area (Å²) in [7, 11) is 0. The molecule has 0 N–H and O–H groups in total. The Morgan fingerprint density at radius 2 is 0.539 bits per heavy atom. The Labute approximate surface area is 474 Å². The molecule has 0 saturated heterocycles. The summed E-state index contributed by atoms with van der Waals surface area (Å²) in [6, 6.07) is 14.9. The van der Waals surface area contributed by atoms with E-state index in [1.807, 2.05) is 0 Å². The third-order valence-electron chi connectivity index (χ3n) is 16.8. The van der Waals surface area contributed by atoms with E-state index in [0.717, 1.165) is 68.3 Å². The van der Waals surface area contributed by atoms with Crippen molar-refractivity contribution in [1.82, 2.24) is 0 Å². The van der Waals surface area contributed by atoms with Crippen molar-refractivity contribution in [3.8, 4) is 11.8 Å². The van der Waals surface area contributed by atoms with Crippen molar-refractivity contribution in [2.45, 2.75) is 363 Å². The highest BCUT2D eigenvalue weighted by Gasteiger charge is 2.36. The summed E-state index contributed by atoms with van der Waals surface area (Å²) in [6.45, 7) is 13.9. The lowest BCUT2D eigenvalue weighted by atomic mass is 9.91. The van der Waals surface area contributed by atoms with Crippen LogP contribution in [0.15, 0.2) is 47.5 Å². The smallest absolute Gasteiger partial charge is 0.223 e. The van der Waals surface area contributed by atoms with E-state index in [1.54, 1.807) is 4.70 Å². The number of allylic oxidation sites excluding steroid dienone is 2. The minimum Gasteiger partial charge on any atom is -0.493 e. The molecule has 0 bridgehead atoms. The monoisotopic (exact) mass is 1040 g/mol. The number of unbranched alkanes of at least 4 members (excludes halogenated alkanes) is 39. The van der Waals surface area contributed by atoms with Gasteiger partial charge >= 0.3 is 0 Å². The van der Waals surface area contributed by atoms with Gasteiger partial charge in [0, 0.05) is 23.1 Å². The van der Waals surface area contributed by atoms with Gasteiger partial charge in [-0.25, -0.2) is 4.70 Å². The predicted octanol–water partition coefficient (Wildman–Crippen LogP) is 25.1. The Balaban J connectivity index is 1.87. The van der Waals surface area contributed by atoms with Crippen molar-refractivity contribution in [3.63, 3.8) is 0 Å². The van der Waals surface area contributed by atoms with Crippen molar-refractivity contribution in [1.29, 1.82) is 0 Å². The predicted molar refractivity (Wildman–Crippen MR) is 339 cm³/mol. The zero-order valence-electron chi connectivity index (χ0n) is 51.7. The van der Waals surface area contributed by atoms with Gasteiger partial charge in [0.1, 0.15) is 5.57 Å². The largest absolute Gasteiger partial charge is 0.493 e. The van der Waals surface area contributed by atoms with E-state index < -0.39 is 0 Å². The van der Waals surface area contributed by atoms with Crippen molar-refractivity contribution < 1.29 is 4.70 Å². The molecule has 2 heteroatoms. The molecule has 0 aromatic heterocycles. The van der Waals surface area contributed by atoms with Gasteiger partial charge in [-0.2, -0.15) is 0 Å². The second-order valence-electron chi connectivity index (χ2n) is 24.2. The molecule has 76 heavy (non-hydrogen) atoms. The number of nitrogens with zero attached hydrogens (tertiary/aromatic N) is 2. The SMILES string of the molecule is CCCCCCCCCCCCCCCCCCCCCCC#CC1=C(c2cc(CCCCCCCC)cc(CCCCCCCC)c2)[N+](=[N-])C(c2cc(CCCCCC)cc(CCCCCC)c2)=C1CCCCCC. The molecule has 0 radical (unpaired) electrons. The van der Waals surface area contributed by atoms with Crippen LogP contribution in [0.1, 0.15) is 370 Å². The first-order valence-electron chi connectivity index (χ1n) is 34.2. The summed E-state index contributed by atoms with van der Waals surface area (Å²) in [5, 5.41) is 0. The summed E-state index contributed by atoms with van der Waals surface area (Å²) in [6.07, 6.45) is 65.0. The summed E-state index contributed by atoms with van der Waals surface area (Å²) < 4.78 is 1.66. The average Bonchev–Trinajstić information content (AvgIpc) is 3.72. The summed E-state index contributed by atoms with van der Waals surface area (Å²) in [4.78, 5) is 0. The lowest BCUT2D eigenvalue weighted by molar-refractivity contribution is -0.345. The third kappa shape index (κ3) is 30.4. The molecule has 3 rings (SSSR count). The standard InChI is InChI=1S/C74H124N2/c1-7-13-19-25-28-29-30-31-32-33-34-35-36-37-38-39-40-41-42-43-46-52-58-72-71(57-51-24-18-12-6)73(69-61-65(53-47-22-16-10-4)59-66(62-69)54-48-23-17-11-5)76(75)74(72)70-63-67(55-49-44-26-20-14-8-2)60-68(64-70)56-50-45-27-21-15-9-3/h59-64H,7-51,53-57H2,1-6H3. The van der Waals surface area contributed by atoms with Crippen LogP contribution in [0.3, 0.4) is 0 Å². The molecule has 430 valence electrons. The Bertz CT molecular complexity index is 1820. The summed E-state index contributed by atoms with van der Waals surface area (Å²) in [5.74, 6) is 7.67. The second kappa shape index (κ2) is 46.9. The lowest BCUT2D eigenvalue weighted by Crippen LogP contribution is -2.05. The van der Waals surface area contributed by atoms with E-state index >= 15 is 0 Å². The fourth-order valence-corrected chi connectivity index (χ4v) is 12.0. The molecule has 0 amide bonds. The molecule has 0 atom stereocenters. The topological polar surface area (TPSA) is 25.3 Å². The molecule has 2 nitrogen and oxygen atoms in total. The number of hydrogen-bond acceptors (Lipinski definition) is 0. The van der Waals surface area contributed by atoms with E-state index in [-0.39, 0.29) is 0 Å². The zero-order chi connectivity index (χ0) is 54.4. The van der Waals surface area contributed by atoms with Gasteiger partial charge in [0.15, 0.2) is 0 Å². The molecule has 1 heterocycles. The van der Waals surface area contributed by atoms with E-state index in [1.165, 1.54) is 309 Å². The maximum atomic E-state index is 13.1. The molecule has 2 aromatic rings. The first kappa shape index (κ1) is 67.4. The lowest BCUT2D eigenvalue weighted by Gasteiger charge is -2.15. The molecule has 0 spiro atoms. The Kier molecular flexibility index (Phi) is 41.6. The van der Waals surface area contributed by atoms with Gasteiger partial charge in [-0.05, 0) is 117 Å². The Morgan fingerprint density at radius 1 is 0.289 bits per heavy atom. The van der Waals surface area contributed by atoms with Gasteiger partial charge in [0.05, 0.1) is 0 Å². The highest BCUT2D eigenvalue weighted by molar-refractivity contribution is 5.86. The van der Waals surface area contributed by atoms with Crippen LogP contribution >= 0.6 is 0 Å². The Morgan fingerprint density at radius 3 is 0.855 bits per heavy atom. The van der Waals surface area contributed by atoms with Gasteiger partial charge in [0.2, 0.25) is 11.4 Å². The van der Waals surface area contributed by atoms with Crippen LogP contribution in [0.25, 0.3) is 16.9 Å². The normalized spacial score (nSPS) is 12.7. The van der Waals surface area contributed by atoms with Crippen molar-refractivity contribution in [2.24, 2.45) is 0 Å². The molecule has 0 aliphatic carbocycles. The first-order valence-corrected chi connectivity index (χ1v) is 34.2. The average molecular weight is 1040 g/mol. The number of aryl methyl sites for hydroxylation is 4. The minimum absolute atomic E-state index is 0.927. The maximum absolute atomic E-state index is 13.1. The molecular weight excluding hydrogens is 917 g/mol. The first-order chi connectivity index (χ1) is 37.5. The van der Waals surface area contributed by atoms with Gasteiger partial charge in [0.25, 0.3) is 0 Å². The molecule has 0 fully saturated rings. The third-order valence-corrected chi connectivity index (χ3v) is 16.8. The van der Waals surface area contributed by atoms with Crippen LogP contribution in [-0.4, -0.2) is 4.70 Å². The maximum Gasteiger partial charge on any atom is 0.223 e. The van der Waals surface area contributed by atoms with E-state index in [2.05, 4.69) is 89.8 Å². The molecular formula is C74H124N2. The Hall–Kier alpha value is -2.92. The molecule has 1 aliphatic heterocycles. The molecule has 0 unspecified atom stereocenters. The highest BCUT2D eigenvalue weighted by atomic mass is 15.2. The fourth-order valence-electron chi connectivity index (χ4n) is 12.0. The highest BCUT2D eigenvalue weighted by Crippen LogP contribution is 2.44. The van der Waals surface area contributed by atoms with Crippen LogP contribution in [0.2, 0.25) is 0 Å².